The highest BCUT2D eigenvalue weighted by molar-refractivity contribution is 7.20. The van der Waals surface area contributed by atoms with Crippen molar-refractivity contribution in [2.75, 3.05) is 7.05 Å². The first-order chi connectivity index (χ1) is 8.61. The molecule has 3 amide bonds. The Labute approximate surface area is 106 Å². The third-order valence-corrected chi connectivity index (χ3v) is 3.35. The molecule has 5 nitrogen and oxygen atoms in total. The number of hydrogen-bond acceptors (Lipinski definition) is 3. The fourth-order valence-electron chi connectivity index (χ4n) is 1.37. The van der Waals surface area contributed by atoms with Crippen molar-refractivity contribution < 1.29 is 14.0 Å². The van der Waals surface area contributed by atoms with Gasteiger partial charge in [0.2, 0.25) is 0 Å². The topological polar surface area (TPSA) is 70.2 Å². The maximum Gasteiger partial charge on any atom is 0.333 e. The van der Waals surface area contributed by atoms with E-state index in [2.05, 4.69) is 16.2 Å². The van der Waals surface area contributed by atoms with Crippen molar-refractivity contribution in [3.05, 3.63) is 35.0 Å². The van der Waals surface area contributed by atoms with Gasteiger partial charge in [0.15, 0.2) is 0 Å². The summed E-state index contributed by atoms with van der Waals surface area (Å²) in [4.78, 5) is 22.9. The Balaban J connectivity index is 2.18. The molecule has 7 heteroatoms. The van der Waals surface area contributed by atoms with Crippen LogP contribution >= 0.6 is 11.3 Å². The van der Waals surface area contributed by atoms with Gasteiger partial charge in [-0.25, -0.2) is 14.6 Å². The number of rotatable bonds is 1. The quantitative estimate of drug-likeness (QED) is 0.687. The molecule has 94 valence electrons. The summed E-state index contributed by atoms with van der Waals surface area (Å²) in [5.74, 6) is -0.860. The van der Waals surface area contributed by atoms with Crippen molar-refractivity contribution in [3.63, 3.8) is 0 Å². The van der Waals surface area contributed by atoms with Crippen LogP contribution in [-0.4, -0.2) is 19.0 Å². The van der Waals surface area contributed by atoms with Crippen LogP contribution in [0, 0.1) is 5.82 Å². The molecule has 0 fully saturated rings. The van der Waals surface area contributed by atoms with E-state index >= 15 is 0 Å². The van der Waals surface area contributed by atoms with Gasteiger partial charge in [-0.3, -0.25) is 10.2 Å². The highest BCUT2D eigenvalue weighted by Gasteiger charge is 2.12. The first-order valence-electron chi connectivity index (χ1n) is 5.08. The predicted octanol–water partition coefficient (Wildman–Crippen LogP) is 1.61. The SMILES string of the molecule is CNC(=O)NNC(=O)c1cc2c(F)cccc2s1. The summed E-state index contributed by atoms with van der Waals surface area (Å²) in [5.41, 5.74) is 4.37. The summed E-state index contributed by atoms with van der Waals surface area (Å²) in [6.45, 7) is 0. The first-order valence-corrected chi connectivity index (χ1v) is 5.89. The number of carbonyl (C=O) groups is 2. The third kappa shape index (κ3) is 2.40. The smallest absolute Gasteiger partial charge is 0.333 e. The molecule has 0 spiro atoms. The number of carbonyl (C=O) groups excluding carboxylic acids is 2. The van der Waals surface area contributed by atoms with Gasteiger partial charge in [0.1, 0.15) is 5.82 Å². The van der Waals surface area contributed by atoms with E-state index < -0.39 is 11.9 Å². The van der Waals surface area contributed by atoms with Gasteiger partial charge in [-0.05, 0) is 18.2 Å². The van der Waals surface area contributed by atoms with E-state index in [1.807, 2.05) is 0 Å². The largest absolute Gasteiger partial charge is 0.340 e. The second kappa shape index (κ2) is 5.01. The first kappa shape index (κ1) is 12.3. The summed E-state index contributed by atoms with van der Waals surface area (Å²) in [6.07, 6.45) is 0. The molecule has 0 atom stereocenters. The minimum Gasteiger partial charge on any atom is -0.340 e. The van der Waals surface area contributed by atoms with E-state index in [1.54, 1.807) is 12.1 Å². The van der Waals surface area contributed by atoms with Crippen molar-refractivity contribution in [3.8, 4) is 0 Å². The Morgan fingerprint density at radius 3 is 2.72 bits per heavy atom. The second-order valence-electron chi connectivity index (χ2n) is 3.42. The zero-order valence-corrected chi connectivity index (χ0v) is 10.2. The van der Waals surface area contributed by atoms with Gasteiger partial charge < -0.3 is 5.32 Å². The van der Waals surface area contributed by atoms with E-state index in [4.69, 9.17) is 0 Å². The average molecular weight is 267 g/mol. The summed E-state index contributed by atoms with van der Waals surface area (Å²) >= 11 is 1.16. The van der Waals surface area contributed by atoms with Crippen LogP contribution in [0.25, 0.3) is 10.1 Å². The van der Waals surface area contributed by atoms with Crippen molar-refractivity contribution in [2.24, 2.45) is 0 Å². The fraction of sp³-hybridized carbons (Fsp3) is 0.0909. The van der Waals surface area contributed by atoms with Crippen molar-refractivity contribution in [1.29, 1.82) is 0 Å². The Kier molecular flexibility index (Phi) is 3.42. The molecule has 0 aliphatic rings. The minimum atomic E-state index is -0.532. The zero-order valence-electron chi connectivity index (χ0n) is 9.41. The predicted molar refractivity (Wildman–Crippen MR) is 66.8 cm³/mol. The Bertz CT molecular complexity index is 611. The van der Waals surface area contributed by atoms with E-state index in [0.29, 0.717) is 15.0 Å². The van der Waals surface area contributed by atoms with Crippen LogP contribution in [0.3, 0.4) is 0 Å². The lowest BCUT2D eigenvalue weighted by molar-refractivity contribution is 0.0940. The number of halogens is 1. The molecule has 3 N–H and O–H groups in total. The van der Waals surface area contributed by atoms with E-state index in [9.17, 15) is 14.0 Å². The van der Waals surface area contributed by atoms with Gasteiger partial charge in [-0.15, -0.1) is 11.3 Å². The Morgan fingerprint density at radius 2 is 2.06 bits per heavy atom. The Hall–Kier alpha value is -2.15. The van der Waals surface area contributed by atoms with E-state index in [1.165, 1.54) is 19.2 Å². The van der Waals surface area contributed by atoms with Gasteiger partial charge in [0.25, 0.3) is 5.91 Å². The Morgan fingerprint density at radius 1 is 1.28 bits per heavy atom. The van der Waals surface area contributed by atoms with Gasteiger partial charge in [0.05, 0.1) is 4.88 Å². The van der Waals surface area contributed by atoms with Crippen LogP contribution < -0.4 is 16.2 Å². The number of hydrazine groups is 1. The van der Waals surface area contributed by atoms with Crippen LogP contribution in [0.15, 0.2) is 24.3 Å². The molecule has 0 bridgehead atoms. The van der Waals surface area contributed by atoms with Crippen LogP contribution in [0.1, 0.15) is 9.67 Å². The molecule has 0 unspecified atom stereocenters. The van der Waals surface area contributed by atoms with Crippen LogP contribution in [-0.2, 0) is 0 Å². The lowest BCUT2D eigenvalue weighted by atomic mass is 10.2. The lowest BCUT2D eigenvalue weighted by Gasteiger charge is -2.04. The number of benzene rings is 1. The number of fused-ring (bicyclic) bond motifs is 1. The maximum absolute atomic E-state index is 13.4. The molecular weight excluding hydrogens is 257 g/mol. The molecule has 1 heterocycles. The van der Waals surface area contributed by atoms with Gasteiger partial charge in [0, 0.05) is 17.1 Å². The molecule has 2 rings (SSSR count). The molecule has 1 aromatic heterocycles. The molecule has 18 heavy (non-hydrogen) atoms. The van der Waals surface area contributed by atoms with E-state index in [0.717, 1.165) is 11.3 Å². The molecule has 0 aliphatic carbocycles. The van der Waals surface area contributed by atoms with Crippen molar-refractivity contribution in [1.82, 2.24) is 16.2 Å². The minimum absolute atomic E-state index is 0.325. The van der Waals surface area contributed by atoms with Gasteiger partial charge in [-0.1, -0.05) is 6.07 Å². The zero-order chi connectivity index (χ0) is 13.1. The van der Waals surface area contributed by atoms with Crippen molar-refractivity contribution >= 4 is 33.4 Å². The third-order valence-electron chi connectivity index (χ3n) is 2.25. The highest BCUT2D eigenvalue weighted by atomic mass is 32.1. The second-order valence-corrected chi connectivity index (χ2v) is 4.50. The normalized spacial score (nSPS) is 10.1. The van der Waals surface area contributed by atoms with E-state index in [-0.39, 0.29) is 5.82 Å². The monoisotopic (exact) mass is 267 g/mol. The molecule has 0 radical (unpaired) electrons. The number of hydrogen-bond donors (Lipinski definition) is 3. The number of nitrogens with one attached hydrogen (secondary N) is 3. The molecule has 1 aromatic carbocycles. The van der Waals surface area contributed by atoms with Crippen LogP contribution in [0.5, 0.6) is 0 Å². The standard InChI is InChI=1S/C11H10FN3O2S/c1-13-11(17)15-14-10(16)9-5-6-7(12)3-2-4-8(6)18-9/h2-5H,1H3,(H,14,16)(H2,13,15,17). The molecule has 0 saturated carbocycles. The van der Waals surface area contributed by atoms with Crippen molar-refractivity contribution in [2.45, 2.75) is 0 Å². The summed E-state index contributed by atoms with van der Waals surface area (Å²) in [7, 11) is 1.43. The number of urea groups is 1. The molecule has 2 aromatic rings. The highest BCUT2D eigenvalue weighted by Crippen LogP contribution is 2.27. The lowest BCUT2D eigenvalue weighted by Crippen LogP contribution is -2.45. The number of thiophene rings is 1. The molecule has 0 saturated heterocycles. The maximum atomic E-state index is 13.4. The van der Waals surface area contributed by atoms with Crippen LogP contribution in [0.4, 0.5) is 9.18 Å². The van der Waals surface area contributed by atoms with Crippen LogP contribution in [0.2, 0.25) is 0 Å². The molecule has 0 aliphatic heterocycles. The summed E-state index contributed by atoms with van der Waals surface area (Å²) in [5, 5.41) is 2.68. The molecular formula is C11H10FN3O2S. The van der Waals surface area contributed by atoms with Gasteiger partial charge in [-0.2, -0.15) is 0 Å². The average Bonchev–Trinajstić information content (AvgIpc) is 2.81. The summed E-state index contributed by atoms with van der Waals surface area (Å²) < 4.78 is 14.1. The number of amides is 3. The van der Waals surface area contributed by atoms with Gasteiger partial charge >= 0.3 is 6.03 Å². The summed E-state index contributed by atoms with van der Waals surface area (Å²) in [6, 6.07) is 5.57. The fourth-order valence-corrected chi connectivity index (χ4v) is 2.35.